The van der Waals surface area contributed by atoms with Gasteiger partial charge in [0.1, 0.15) is 11.9 Å². The minimum atomic E-state index is -0.505. The van der Waals surface area contributed by atoms with Crippen molar-refractivity contribution in [3.63, 3.8) is 0 Å². The SMILES string of the molecule is CCCCCCCCCCCC[C@@H](O)[C@H]1CC[C@H]([C@H](O)CCCCCC(=O)C[C@H]2CC[C@H](CC3=C[C@H](C)OC3=O)O2)O1. The second-order valence-electron chi connectivity index (χ2n) is 13.2. The van der Waals surface area contributed by atoms with Crippen LogP contribution in [0.15, 0.2) is 11.6 Å². The highest BCUT2D eigenvalue weighted by Gasteiger charge is 2.34. The van der Waals surface area contributed by atoms with Crippen LogP contribution in [0.4, 0.5) is 0 Å². The Morgan fingerprint density at radius 3 is 1.90 bits per heavy atom. The number of cyclic esters (lactones) is 1. The highest BCUT2D eigenvalue weighted by molar-refractivity contribution is 5.90. The highest BCUT2D eigenvalue weighted by atomic mass is 16.5. The van der Waals surface area contributed by atoms with Crippen LogP contribution >= 0.6 is 0 Å². The molecule has 0 bridgehead atoms. The highest BCUT2D eigenvalue weighted by Crippen LogP contribution is 2.30. The fourth-order valence-electron chi connectivity index (χ4n) is 6.78. The number of esters is 1. The van der Waals surface area contributed by atoms with Gasteiger partial charge in [0, 0.05) is 24.8 Å². The third-order valence-electron chi connectivity index (χ3n) is 9.34. The van der Waals surface area contributed by atoms with E-state index in [0.29, 0.717) is 31.3 Å². The van der Waals surface area contributed by atoms with E-state index in [1.807, 2.05) is 13.0 Å². The average molecular weight is 593 g/mol. The van der Waals surface area contributed by atoms with Crippen LogP contribution in [0.5, 0.6) is 0 Å². The molecule has 0 radical (unpaired) electrons. The minimum absolute atomic E-state index is 0.00776. The number of unbranched alkanes of at least 4 members (excludes halogenated alkanes) is 11. The summed E-state index contributed by atoms with van der Waals surface area (Å²) in [7, 11) is 0. The Morgan fingerprint density at radius 1 is 0.786 bits per heavy atom. The van der Waals surface area contributed by atoms with Crippen molar-refractivity contribution >= 4 is 11.8 Å². The predicted molar refractivity (Wildman–Crippen MR) is 165 cm³/mol. The maximum atomic E-state index is 12.5. The molecule has 0 unspecified atom stereocenters. The third-order valence-corrected chi connectivity index (χ3v) is 9.34. The molecule has 0 spiro atoms. The van der Waals surface area contributed by atoms with Crippen molar-refractivity contribution in [2.45, 2.75) is 198 Å². The number of hydrogen-bond donors (Lipinski definition) is 2. The summed E-state index contributed by atoms with van der Waals surface area (Å²) < 4.78 is 17.3. The van der Waals surface area contributed by atoms with Crippen LogP contribution in [0.1, 0.15) is 155 Å². The zero-order valence-electron chi connectivity index (χ0n) is 26.6. The molecule has 0 amide bonds. The van der Waals surface area contributed by atoms with E-state index >= 15 is 0 Å². The Balaban J connectivity index is 1.15. The molecule has 7 nitrogen and oxygen atoms in total. The van der Waals surface area contributed by atoms with Gasteiger partial charge >= 0.3 is 5.97 Å². The van der Waals surface area contributed by atoms with Crippen LogP contribution in [-0.2, 0) is 23.8 Å². The van der Waals surface area contributed by atoms with Gasteiger partial charge in [-0.15, -0.1) is 0 Å². The van der Waals surface area contributed by atoms with E-state index in [9.17, 15) is 19.8 Å². The first-order valence-electron chi connectivity index (χ1n) is 17.5. The molecule has 242 valence electrons. The molecule has 7 atom stereocenters. The number of aliphatic hydroxyl groups is 2. The van der Waals surface area contributed by atoms with E-state index in [1.165, 1.54) is 57.8 Å². The summed E-state index contributed by atoms with van der Waals surface area (Å²) in [6, 6.07) is 0. The number of aliphatic hydroxyl groups excluding tert-OH is 2. The van der Waals surface area contributed by atoms with Crippen LogP contribution in [-0.4, -0.2) is 64.7 Å². The molecule has 0 aliphatic carbocycles. The molecule has 0 saturated carbocycles. The average Bonchev–Trinajstić information content (AvgIpc) is 3.70. The molecule has 42 heavy (non-hydrogen) atoms. The number of hydrogen-bond acceptors (Lipinski definition) is 7. The summed E-state index contributed by atoms with van der Waals surface area (Å²) in [4.78, 5) is 24.3. The molecule has 2 saturated heterocycles. The lowest BCUT2D eigenvalue weighted by Gasteiger charge is -2.22. The number of carbonyl (C=O) groups is 2. The summed E-state index contributed by atoms with van der Waals surface area (Å²) in [5.74, 6) is -0.0140. The van der Waals surface area contributed by atoms with E-state index in [2.05, 4.69) is 6.92 Å². The van der Waals surface area contributed by atoms with Crippen LogP contribution in [0, 0.1) is 0 Å². The predicted octanol–water partition coefficient (Wildman–Crippen LogP) is 7.29. The molecule has 3 aliphatic rings. The van der Waals surface area contributed by atoms with Gasteiger partial charge in [-0.05, 0) is 57.9 Å². The van der Waals surface area contributed by atoms with E-state index in [4.69, 9.17) is 14.2 Å². The quantitative estimate of drug-likeness (QED) is 0.0949. The smallest absolute Gasteiger partial charge is 0.334 e. The van der Waals surface area contributed by atoms with Crippen LogP contribution in [0.25, 0.3) is 0 Å². The number of ketones is 1. The fourth-order valence-corrected chi connectivity index (χ4v) is 6.78. The molecule has 0 aromatic heterocycles. The molecular weight excluding hydrogens is 532 g/mol. The largest absolute Gasteiger partial charge is 0.455 e. The molecule has 0 aromatic rings. The van der Waals surface area contributed by atoms with Crippen molar-refractivity contribution in [1.29, 1.82) is 0 Å². The molecular formula is C35H60O7. The zero-order chi connectivity index (χ0) is 30.2. The fraction of sp³-hybridized carbons (Fsp3) is 0.886. The van der Waals surface area contributed by atoms with Gasteiger partial charge in [0.05, 0.1) is 36.6 Å². The van der Waals surface area contributed by atoms with Crippen molar-refractivity contribution < 1.29 is 34.0 Å². The lowest BCUT2D eigenvalue weighted by atomic mass is 9.99. The Bertz CT molecular complexity index is 811. The van der Waals surface area contributed by atoms with Crippen molar-refractivity contribution in [1.82, 2.24) is 0 Å². The Kier molecular flexibility index (Phi) is 16.7. The topological polar surface area (TPSA) is 102 Å². The van der Waals surface area contributed by atoms with E-state index in [1.54, 1.807) is 0 Å². The number of rotatable bonds is 23. The second kappa shape index (κ2) is 19.9. The van der Waals surface area contributed by atoms with Crippen LogP contribution in [0.3, 0.4) is 0 Å². The monoisotopic (exact) mass is 592 g/mol. The first-order valence-corrected chi connectivity index (χ1v) is 17.5. The molecule has 2 fully saturated rings. The third kappa shape index (κ3) is 13.2. The van der Waals surface area contributed by atoms with Crippen molar-refractivity contribution in [2.75, 3.05) is 0 Å². The van der Waals surface area contributed by atoms with Gasteiger partial charge in [0.15, 0.2) is 0 Å². The van der Waals surface area contributed by atoms with Crippen LogP contribution in [0.2, 0.25) is 0 Å². The molecule has 7 heteroatoms. The molecule has 3 aliphatic heterocycles. The number of ether oxygens (including phenoxy) is 3. The summed E-state index contributed by atoms with van der Waals surface area (Å²) >= 11 is 0. The van der Waals surface area contributed by atoms with Gasteiger partial charge in [0.25, 0.3) is 0 Å². The summed E-state index contributed by atoms with van der Waals surface area (Å²) in [6.07, 6.45) is 22.2. The number of carbonyl (C=O) groups excluding carboxylic acids is 2. The molecule has 3 heterocycles. The second-order valence-corrected chi connectivity index (χ2v) is 13.2. The van der Waals surface area contributed by atoms with Gasteiger partial charge < -0.3 is 24.4 Å². The maximum Gasteiger partial charge on any atom is 0.334 e. The van der Waals surface area contributed by atoms with Gasteiger partial charge in [-0.2, -0.15) is 0 Å². The Hall–Kier alpha value is -1.28. The van der Waals surface area contributed by atoms with Gasteiger partial charge in [-0.1, -0.05) is 84.0 Å². The maximum absolute atomic E-state index is 12.5. The van der Waals surface area contributed by atoms with Crippen LogP contribution < -0.4 is 0 Å². The lowest BCUT2D eigenvalue weighted by molar-refractivity contribution is -0.139. The molecule has 3 rings (SSSR count). The van der Waals surface area contributed by atoms with Crippen molar-refractivity contribution in [3.05, 3.63) is 11.6 Å². The number of Topliss-reactive ketones (excluding diaryl/α,β-unsaturated/α-hetero) is 1. The van der Waals surface area contributed by atoms with Gasteiger partial charge in [-0.3, -0.25) is 4.79 Å². The standard InChI is InChI=1S/C35H60O7/c1-3-4-5-6-7-8-9-10-11-14-17-31(37)33-21-22-34(42-33)32(38)18-15-12-13-16-28(36)25-30-20-19-29(41-30)24-27-23-26(2)40-35(27)39/h23,26,29-34,37-38H,3-22,24-25H2,1-2H3/t26-,29+,30+,31+,32+,33+,34+/m0/s1. The summed E-state index contributed by atoms with van der Waals surface area (Å²) in [5, 5.41) is 21.2. The zero-order valence-corrected chi connectivity index (χ0v) is 26.6. The van der Waals surface area contributed by atoms with E-state index in [0.717, 1.165) is 57.8 Å². The Labute approximate surface area is 255 Å². The van der Waals surface area contributed by atoms with Gasteiger partial charge in [-0.25, -0.2) is 4.79 Å². The normalized spacial score (nSPS) is 27.3. The summed E-state index contributed by atoms with van der Waals surface area (Å²) in [6.45, 7) is 4.11. The van der Waals surface area contributed by atoms with Gasteiger partial charge in [0.2, 0.25) is 0 Å². The lowest BCUT2D eigenvalue weighted by Crippen LogP contribution is -2.31. The van der Waals surface area contributed by atoms with Crippen molar-refractivity contribution in [2.24, 2.45) is 0 Å². The molecule has 0 aromatic carbocycles. The summed E-state index contributed by atoms with van der Waals surface area (Å²) in [5.41, 5.74) is 0.695. The Morgan fingerprint density at radius 2 is 1.33 bits per heavy atom. The first kappa shape index (κ1) is 35.2. The van der Waals surface area contributed by atoms with Crippen molar-refractivity contribution in [3.8, 4) is 0 Å². The first-order chi connectivity index (χ1) is 20.4. The van der Waals surface area contributed by atoms with E-state index < -0.39 is 12.2 Å². The molecule has 2 N–H and O–H groups in total. The van der Waals surface area contributed by atoms with E-state index in [-0.39, 0.29) is 42.3 Å². The minimum Gasteiger partial charge on any atom is -0.455 e.